The third-order valence-corrected chi connectivity index (χ3v) is 3.52. The Morgan fingerprint density at radius 3 is 2.59 bits per heavy atom. The summed E-state index contributed by atoms with van der Waals surface area (Å²) in [6.07, 6.45) is 5.17. The van der Waals surface area contributed by atoms with Gasteiger partial charge in [-0.2, -0.15) is 0 Å². The number of hydrogen-bond donors (Lipinski definition) is 3. The normalized spacial score (nSPS) is 20.7. The zero-order valence-corrected chi connectivity index (χ0v) is 10.8. The fraction of sp³-hybridized carbons (Fsp3) is 0.917. The number of likely N-dealkylation sites (N-methyl/N-ethyl adjacent to an activating group) is 1. The first kappa shape index (κ1) is 14.4. The second-order valence-corrected chi connectivity index (χ2v) is 5.17. The maximum atomic E-state index is 10.7. The first-order valence-electron chi connectivity index (χ1n) is 6.30. The van der Waals surface area contributed by atoms with Gasteiger partial charge in [0.15, 0.2) is 5.60 Å². The lowest BCUT2D eigenvalue weighted by atomic mass is 10.1. The predicted octanol–water partition coefficient (Wildman–Crippen LogP) is 0.286. The Labute approximate surface area is 103 Å². The van der Waals surface area contributed by atoms with Gasteiger partial charge in [0.1, 0.15) is 0 Å². The average molecular weight is 244 g/mol. The predicted molar refractivity (Wildman–Crippen MR) is 66.0 cm³/mol. The fourth-order valence-electron chi connectivity index (χ4n) is 2.19. The topological polar surface area (TPSA) is 72.8 Å². The van der Waals surface area contributed by atoms with E-state index in [-0.39, 0.29) is 6.54 Å². The van der Waals surface area contributed by atoms with Gasteiger partial charge in [0.05, 0.1) is 0 Å². The number of aliphatic hydroxyl groups is 1. The number of hydrogen-bond acceptors (Lipinski definition) is 4. The van der Waals surface area contributed by atoms with Crippen LogP contribution in [0, 0.1) is 0 Å². The van der Waals surface area contributed by atoms with Gasteiger partial charge in [-0.15, -0.1) is 0 Å². The van der Waals surface area contributed by atoms with Crippen molar-refractivity contribution in [2.24, 2.45) is 0 Å². The van der Waals surface area contributed by atoms with Crippen LogP contribution in [0.2, 0.25) is 0 Å². The molecule has 0 heterocycles. The highest BCUT2D eigenvalue weighted by atomic mass is 16.4. The van der Waals surface area contributed by atoms with Crippen molar-refractivity contribution in [1.29, 1.82) is 0 Å². The number of nitrogens with zero attached hydrogens (tertiary/aromatic N) is 1. The van der Waals surface area contributed by atoms with Gasteiger partial charge in [-0.3, -0.25) is 0 Å². The van der Waals surface area contributed by atoms with Crippen LogP contribution in [-0.2, 0) is 4.79 Å². The van der Waals surface area contributed by atoms with E-state index in [1.54, 1.807) is 0 Å². The monoisotopic (exact) mass is 244 g/mol. The number of carbonyl (C=O) groups is 1. The van der Waals surface area contributed by atoms with Gasteiger partial charge in [0.2, 0.25) is 0 Å². The maximum absolute atomic E-state index is 10.7. The van der Waals surface area contributed by atoms with E-state index in [9.17, 15) is 9.90 Å². The van der Waals surface area contributed by atoms with Crippen molar-refractivity contribution in [2.75, 3.05) is 26.7 Å². The first-order valence-corrected chi connectivity index (χ1v) is 6.30. The molecule has 3 N–H and O–H groups in total. The molecule has 1 aliphatic rings. The van der Waals surface area contributed by atoms with Crippen molar-refractivity contribution in [3.8, 4) is 0 Å². The van der Waals surface area contributed by atoms with Crippen LogP contribution < -0.4 is 5.32 Å². The largest absolute Gasteiger partial charge is 0.479 e. The lowest BCUT2D eigenvalue weighted by Gasteiger charge is -2.25. The summed E-state index contributed by atoms with van der Waals surface area (Å²) in [5, 5.41) is 21.2. The van der Waals surface area contributed by atoms with Gasteiger partial charge < -0.3 is 20.4 Å². The van der Waals surface area contributed by atoms with Gasteiger partial charge >= 0.3 is 5.97 Å². The standard InChI is InChI=1S/C12H24N2O3/c1-12(17,11(15)16)9-13-7-8-14(2)10-5-3-4-6-10/h10,13,17H,3-9H2,1-2H3,(H,15,16). The quantitative estimate of drug-likeness (QED) is 0.561. The molecule has 0 saturated heterocycles. The third kappa shape index (κ3) is 4.61. The molecule has 0 amide bonds. The van der Waals surface area contributed by atoms with E-state index in [4.69, 9.17) is 5.11 Å². The molecule has 1 unspecified atom stereocenters. The minimum atomic E-state index is -1.67. The Morgan fingerprint density at radius 1 is 1.47 bits per heavy atom. The molecule has 1 atom stereocenters. The molecule has 1 saturated carbocycles. The van der Waals surface area contributed by atoms with Crippen LogP contribution >= 0.6 is 0 Å². The summed E-state index contributed by atoms with van der Waals surface area (Å²) in [5.74, 6) is -1.19. The van der Waals surface area contributed by atoms with Crippen molar-refractivity contribution >= 4 is 5.97 Å². The van der Waals surface area contributed by atoms with Crippen molar-refractivity contribution in [1.82, 2.24) is 10.2 Å². The molecule has 0 aliphatic heterocycles. The second kappa shape index (κ2) is 6.33. The van der Waals surface area contributed by atoms with E-state index in [1.807, 2.05) is 0 Å². The lowest BCUT2D eigenvalue weighted by molar-refractivity contribution is -0.156. The summed E-state index contributed by atoms with van der Waals surface area (Å²) in [6, 6.07) is 0.678. The van der Waals surface area contributed by atoms with Gasteiger partial charge in [-0.1, -0.05) is 12.8 Å². The van der Waals surface area contributed by atoms with Crippen LogP contribution in [0.4, 0.5) is 0 Å². The van der Waals surface area contributed by atoms with Gasteiger partial charge in [-0.25, -0.2) is 4.79 Å². The van der Waals surface area contributed by atoms with E-state index < -0.39 is 11.6 Å². The van der Waals surface area contributed by atoms with Gasteiger partial charge in [0, 0.05) is 25.7 Å². The first-order chi connectivity index (χ1) is 7.93. The highest BCUT2D eigenvalue weighted by molar-refractivity contribution is 5.76. The molecule has 100 valence electrons. The number of nitrogens with one attached hydrogen (secondary N) is 1. The summed E-state index contributed by atoms with van der Waals surface area (Å²) in [4.78, 5) is 13.0. The molecule has 0 spiro atoms. The van der Waals surface area contributed by atoms with E-state index in [0.717, 1.165) is 6.54 Å². The van der Waals surface area contributed by atoms with E-state index in [2.05, 4.69) is 17.3 Å². The van der Waals surface area contributed by atoms with Crippen molar-refractivity contribution in [2.45, 2.75) is 44.2 Å². The molecule has 17 heavy (non-hydrogen) atoms. The van der Waals surface area contributed by atoms with Gasteiger partial charge in [0.25, 0.3) is 0 Å². The van der Waals surface area contributed by atoms with Crippen LogP contribution in [0.15, 0.2) is 0 Å². The lowest BCUT2D eigenvalue weighted by Crippen LogP contribution is -2.46. The van der Waals surface area contributed by atoms with E-state index >= 15 is 0 Å². The van der Waals surface area contributed by atoms with Crippen molar-refractivity contribution < 1.29 is 15.0 Å². The molecule has 1 fully saturated rings. The molecule has 0 aromatic heterocycles. The Hall–Kier alpha value is -0.650. The molecule has 5 nitrogen and oxygen atoms in total. The molecule has 0 radical (unpaired) electrons. The van der Waals surface area contributed by atoms with Crippen LogP contribution in [0.25, 0.3) is 0 Å². The SMILES string of the molecule is CN(CCNCC(C)(O)C(=O)O)C1CCCC1. The van der Waals surface area contributed by atoms with Gasteiger partial charge in [-0.05, 0) is 26.8 Å². The molecule has 0 aromatic rings. The molecule has 5 heteroatoms. The fourth-order valence-corrected chi connectivity index (χ4v) is 2.19. The zero-order valence-electron chi connectivity index (χ0n) is 10.8. The molecule has 0 bridgehead atoms. The second-order valence-electron chi connectivity index (χ2n) is 5.17. The van der Waals surface area contributed by atoms with E-state index in [1.165, 1.54) is 32.6 Å². The minimum absolute atomic E-state index is 0.0842. The average Bonchev–Trinajstić information content (AvgIpc) is 2.77. The number of carboxylic acid groups (broad SMARTS) is 1. The summed E-state index contributed by atoms with van der Waals surface area (Å²) >= 11 is 0. The molecular formula is C12H24N2O3. The zero-order chi connectivity index (χ0) is 12.9. The molecular weight excluding hydrogens is 220 g/mol. The Kier molecular flexibility index (Phi) is 5.36. The summed E-state index contributed by atoms with van der Waals surface area (Å²) in [7, 11) is 2.10. The Morgan fingerprint density at radius 2 is 2.06 bits per heavy atom. The number of aliphatic carboxylic acids is 1. The van der Waals surface area contributed by atoms with Crippen LogP contribution in [0.5, 0.6) is 0 Å². The van der Waals surface area contributed by atoms with Crippen LogP contribution in [-0.4, -0.2) is 59.4 Å². The highest BCUT2D eigenvalue weighted by Gasteiger charge is 2.29. The molecule has 1 aliphatic carbocycles. The smallest absolute Gasteiger partial charge is 0.336 e. The highest BCUT2D eigenvalue weighted by Crippen LogP contribution is 2.21. The van der Waals surface area contributed by atoms with Crippen molar-refractivity contribution in [3.63, 3.8) is 0 Å². The molecule has 1 rings (SSSR count). The summed E-state index contributed by atoms with van der Waals surface area (Å²) in [6.45, 7) is 2.99. The van der Waals surface area contributed by atoms with Crippen molar-refractivity contribution in [3.05, 3.63) is 0 Å². The third-order valence-electron chi connectivity index (χ3n) is 3.52. The summed E-state index contributed by atoms with van der Waals surface area (Å²) < 4.78 is 0. The maximum Gasteiger partial charge on any atom is 0.336 e. The minimum Gasteiger partial charge on any atom is -0.479 e. The number of carboxylic acids is 1. The Bertz CT molecular complexity index is 250. The molecule has 0 aromatic carbocycles. The number of rotatable bonds is 7. The van der Waals surface area contributed by atoms with Crippen LogP contribution in [0.1, 0.15) is 32.6 Å². The Balaban J connectivity index is 2.13. The summed E-state index contributed by atoms with van der Waals surface area (Å²) in [5.41, 5.74) is -1.67. The van der Waals surface area contributed by atoms with E-state index in [0.29, 0.717) is 12.6 Å². The van der Waals surface area contributed by atoms with Crippen LogP contribution in [0.3, 0.4) is 0 Å².